The summed E-state index contributed by atoms with van der Waals surface area (Å²) in [4.78, 5) is 22.6. The van der Waals surface area contributed by atoms with E-state index in [1.54, 1.807) is 13.8 Å². The van der Waals surface area contributed by atoms with Crippen LogP contribution in [0.2, 0.25) is 0 Å². The van der Waals surface area contributed by atoms with Crippen LogP contribution in [0.5, 0.6) is 11.5 Å². The van der Waals surface area contributed by atoms with Gasteiger partial charge in [0, 0.05) is 11.1 Å². The first-order chi connectivity index (χ1) is 19.3. The highest BCUT2D eigenvalue weighted by Crippen LogP contribution is 2.23. The fourth-order valence-corrected chi connectivity index (χ4v) is 3.41. The molecule has 0 bridgehead atoms. The normalized spacial score (nSPS) is 10.8. The summed E-state index contributed by atoms with van der Waals surface area (Å²) in [5.74, 6) is 0.933. The van der Waals surface area contributed by atoms with E-state index in [9.17, 15) is 9.59 Å². The van der Waals surface area contributed by atoms with Crippen molar-refractivity contribution in [1.82, 2.24) is 0 Å². The van der Waals surface area contributed by atoms with Crippen molar-refractivity contribution in [2.45, 2.75) is 65.2 Å². The maximum atomic E-state index is 11.3. The molecule has 0 aliphatic rings. The number of benzene rings is 2. The molecule has 0 amide bonds. The molecule has 0 unspecified atom stereocenters. The van der Waals surface area contributed by atoms with Gasteiger partial charge in [0.05, 0.1) is 37.8 Å². The predicted octanol–water partition coefficient (Wildman–Crippen LogP) is 8.22. The maximum Gasteiger partial charge on any atom is 0.333 e. The topological polar surface area (TPSA) is 95.8 Å². The molecule has 0 aromatic heterocycles. The summed E-state index contributed by atoms with van der Waals surface area (Å²) in [6.07, 6.45) is 7.54. The van der Waals surface area contributed by atoms with Gasteiger partial charge in [0.15, 0.2) is 0 Å². The molecule has 0 aliphatic carbocycles. The third-order valence-corrected chi connectivity index (χ3v) is 5.73. The van der Waals surface area contributed by atoms with Crippen molar-refractivity contribution in [2.75, 3.05) is 26.4 Å². The Kier molecular flexibility index (Phi) is 15.5. The standard InChI is InChI=1S/C32H42N2O6/c1-25(2)31(35)39-23-11-7-5-9-21-37-29-17-13-27(14-18-29)33-34-28-15-19-30(20-16-28)38-22-10-6-8-12-24-40-32(36)26(3)4/h13-20H,1,3,5-12,21-24H2,2,4H3. The lowest BCUT2D eigenvalue weighted by Gasteiger charge is -2.07. The number of carbonyl (C=O) groups is 2. The second kappa shape index (κ2) is 19.2. The highest BCUT2D eigenvalue weighted by Gasteiger charge is 2.03. The third kappa shape index (κ3) is 14.3. The fraction of sp³-hybridized carbons (Fsp3) is 0.438. The van der Waals surface area contributed by atoms with Gasteiger partial charge < -0.3 is 18.9 Å². The molecule has 0 aliphatic heterocycles. The summed E-state index contributed by atoms with van der Waals surface area (Å²) in [6, 6.07) is 15.0. The van der Waals surface area contributed by atoms with Crippen LogP contribution >= 0.6 is 0 Å². The highest BCUT2D eigenvalue weighted by molar-refractivity contribution is 5.87. The van der Waals surface area contributed by atoms with Crippen LogP contribution in [0.15, 0.2) is 83.1 Å². The lowest BCUT2D eigenvalue weighted by molar-refractivity contribution is -0.139. The van der Waals surface area contributed by atoms with E-state index in [2.05, 4.69) is 23.4 Å². The number of nitrogens with zero attached hydrogens (tertiary/aromatic N) is 2. The molecular formula is C32H42N2O6. The number of hydrogen-bond donors (Lipinski definition) is 0. The van der Waals surface area contributed by atoms with Gasteiger partial charge in [-0.05, 0) is 114 Å². The van der Waals surface area contributed by atoms with Crippen LogP contribution in [0.3, 0.4) is 0 Å². The monoisotopic (exact) mass is 550 g/mol. The Balaban J connectivity index is 1.56. The lowest BCUT2D eigenvalue weighted by atomic mass is 10.2. The molecule has 2 rings (SSSR count). The van der Waals surface area contributed by atoms with Gasteiger partial charge in [-0.2, -0.15) is 10.2 Å². The molecule has 0 radical (unpaired) electrons. The van der Waals surface area contributed by atoms with E-state index in [0.29, 0.717) is 37.6 Å². The van der Waals surface area contributed by atoms with Crippen LogP contribution < -0.4 is 9.47 Å². The molecule has 0 saturated carbocycles. The Hall–Kier alpha value is -3.94. The molecule has 2 aromatic carbocycles. The van der Waals surface area contributed by atoms with E-state index >= 15 is 0 Å². The minimum absolute atomic E-state index is 0.327. The quantitative estimate of drug-likeness (QED) is 0.0713. The van der Waals surface area contributed by atoms with Crippen molar-refractivity contribution in [1.29, 1.82) is 0 Å². The number of hydrogen-bond acceptors (Lipinski definition) is 8. The predicted molar refractivity (Wildman–Crippen MR) is 157 cm³/mol. The first kappa shape index (κ1) is 32.3. The molecular weight excluding hydrogens is 508 g/mol. The maximum absolute atomic E-state index is 11.3. The molecule has 8 heteroatoms. The summed E-state index contributed by atoms with van der Waals surface area (Å²) >= 11 is 0. The molecule has 0 atom stereocenters. The number of carbonyl (C=O) groups excluding carboxylic acids is 2. The average Bonchev–Trinajstić information content (AvgIpc) is 2.95. The van der Waals surface area contributed by atoms with E-state index < -0.39 is 0 Å². The molecule has 216 valence electrons. The Morgan fingerprint density at radius 3 is 1.20 bits per heavy atom. The Morgan fingerprint density at radius 1 is 0.550 bits per heavy atom. The second-order valence-corrected chi connectivity index (χ2v) is 9.55. The molecule has 8 nitrogen and oxygen atoms in total. The van der Waals surface area contributed by atoms with Gasteiger partial charge in [-0.1, -0.05) is 13.2 Å². The summed E-state index contributed by atoms with van der Waals surface area (Å²) in [7, 11) is 0. The van der Waals surface area contributed by atoms with Crippen molar-refractivity contribution in [2.24, 2.45) is 10.2 Å². The lowest BCUT2D eigenvalue weighted by Crippen LogP contribution is -2.06. The van der Waals surface area contributed by atoms with Crippen molar-refractivity contribution in [3.8, 4) is 11.5 Å². The van der Waals surface area contributed by atoms with Gasteiger partial charge in [-0.25, -0.2) is 9.59 Å². The SMILES string of the molecule is C=C(C)C(=O)OCCCCCCOc1ccc(N=Nc2ccc(OCCCCCCOC(=O)C(=C)C)cc2)cc1. The molecule has 0 fully saturated rings. The zero-order valence-corrected chi connectivity index (χ0v) is 23.9. The fourth-order valence-electron chi connectivity index (χ4n) is 3.41. The van der Waals surface area contributed by atoms with E-state index in [1.165, 1.54) is 0 Å². The number of rotatable bonds is 20. The van der Waals surface area contributed by atoms with Gasteiger partial charge >= 0.3 is 11.9 Å². The minimum atomic E-state index is -0.327. The average molecular weight is 551 g/mol. The summed E-state index contributed by atoms with van der Waals surface area (Å²) in [6.45, 7) is 12.5. The van der Waals surface area contributed by atoms with E-state index in [1.807, 2.05) is 48.5 Å². The zero-order chi connectivity index (χ0) is 29.0. The molecule has 0 saturated heterocycles. The molecule has 0 N–H and O–H groups in total. The number of ether oxygens (including phenoxy) is 4. The van der Waals surface area contributed by atoms with Gasteiger partial charge in [-0.15, -0.1) is 0 Å². The summed E-state index contributed by atoms with van der Waals surface area (Å²) < 4.78 is 21.7. The van der Waals surface area contributed by atoms with E-state index in [0.717, 1.165) is 74.2 Å². The van der Waals surface area contributed by atoms with Crippen LogP contribution in [0.1, 0.15) is 65.2 Å². The highest BCUT2D eigenvalue weighted by atomic mass is 16.5. The Morgan fingerprint density at radius 2 is 0.875 bits per heavy atom. The summed E-state index contributed by atoms with van der Waals surface area (Å²) in [5.41, 5.74) is 2.34. The Labute approximate surface area is 238 Å². The smallest absolute Gasteiger partial charge is 0.333 e. The first-order valence-electron chi connectivity index (χ1n) is 13.9. The Bertz CT molecular complexity index is 1010. The van der Waals surface area contributed by atoms with Gasteiger partial charge in [0.2, 0.25) is 0 Å². The van der Waals surface area contributed by atoms with Crippen molar-refractivity contribution in [3.05, 3.63) is 72.8 Å². The number of esters is 2. The second-order valence-electron chi connectivity index (χ2n) is 9.55. The van der Waals surface area contributed by atoms with Gasteiger partial charge in [0.25, 0.3) is 0 Å². The van der Waals surface area contributed by atoms with Gasteiger partial charge in [0.1, 0.15) is 11.5 Å². The minimum Gasteiger partial charge on any atom is -0.494 e. The van der Waals surface area contributed by atoms with Crippen LogP contribution in [-0.4, -0.2) is 38.4 Å². The molecule has 0 spiro atoms. The van der Waals surface area contributed by atoms with Crippen LogP contribution in [0.25, 0.3) is 0 Å². The third-order valence-electron chi connectivity index (χ3n) is 5.73. The zero-order valence-electron chi connectivity index (χ0n) is 23.9. The van der Waals surface area contributed by atoms with Crippen LogP contribution in [0, 0.1) is 0 Å². The van der Waals surface area contributed by atoms with E-state index in [4.69, 9.17) is 18.9 Å². The molecule has 0 heterocycles. The van der Waals surface area contributed by atoms with Crippen molar-refractivity contribution < 1.29 is 28.5 Å². The number of unbranched alkanes of at least 4 members (excludes halogenated alkanes) is 6. The van der Waals surface area contributed by atoms with Crippen LogP contribution in [0.4, 0.5) is 11.4 Å². The van der Waals surface area contributed by atoms with E-state index in [-0.39, 0.29) is 11.9 Å². The largest absolute Gasteiger partial charge is 0.494 e. The number of azo groups is 1. The van der Waals surface area contributed by atoms with Crippen molar-refractivity contribution in [3.63, 3.8) is 0 Å². The molecule has 40 heavy (non-hydrogen) atoms. The van der Waals surface area contributed by atoms with Gasteiger partial charge in [-0.3, -0.25) is 0 Å². The van der Waals surface area contributed by atoms with Crippen molar-refractivity contribution >= 4 is 23.3 Å². The molecule has 2 aromatic rings. The summed E-state index contributed by atoms with van der Waals surface area (Å²) in [5, 5.41) is 8.58. The van der Waals surface area contributed by atoms with Crippen LogP contribution in [-0.2, 0) is 19.1 Å². The first-order valence-corrected chi connectivity index (χ1v) is 13.9.